The lowest BCUT2D eigenvalue weighted by atomic mass is 10.1. The molecule has 1 amide bonds. The number of rotatable bonds is 4. The molecule has 2 heterocycles. The van der Waals surface area contributed by atoms with Gasteiger partial charge in [0.25, 0.3) is 5.91 Å². The summed E-state index contributed by atoms with van der Waals surface area (Å²) in [5.74, 6) is 0.705. The first-order chi connectivity index (χ1) is 11.0. The summed E-state index contributed by atoms with van der Waals surface area (Å²) in [4.78, 5) is 12.4. The van der Waals surface area contributed by atoms with Gasteiger partial charge in [-0.2, -0.15) is 0 Å². The molecule has 0 spiro atoms. The zero-order chi connectivity index (χ0) is 16.6. The molecule has 0 fully saturated rings. The van der Waals surface area contributed by atoms with Gasteiger partial charge in [0.2, 0.25) is 0 Å². The van der Waals surface area contributed by atoms with Crippen LogP contribution in [0.15, 0.2) is 28.9 Å². The number of amides is 1. The lowest BCUT2D eigenvalue weighted by molar-refractivity contribution is 0.0923. The van der Waals surface area contributed by atoms with Crippen molar-refractivity contribution in [1.29, 1.82) is 0 Å². The van der Waals surface area contributed by atoms with Crippen LogP contribution in [0.1, 0.15) is 41.8 Å². The van der Waals surface area contributed by atoms with Crippen LogP contribution < -0.4 is 5.32 Å². The lowest BCUT2D eigenvalue weighted by Crippen LogP contribution is -2.25. The number of benzene rings is 1. The maximum absolute atomic E-state index is 12.4. The van der Waals surface area contributed by atoms with E-state index < -0.39 is 0 Å². The molecular formula is C16H17ClN4O2. The Morgan fingerprint density at radius 1 is 1.43 bits per heavy atom. The van der Waals surface area contributed by atoms with Crippen molar-refractivity contribution in [2.24, 2.45) is 0 Å². The highest BCUT2D eigenvalue weighted by molar-refractivity contribution is 6.31. The van der Waals surface area contributed by atoms with E-state index in [1.54, 1.807) is 24.5 Å². The van der Waals surface area contributed by atoms with Crippen LogP contribution in [0.3, 0.4) is 0 Å². The van der Waals surface area contributed by atoms with Crippen molar-refractivity contribution < 1.29 is 9.21 Å². The molecule has 0 bridgehead atoms. The Kier molecular flexibility index (Phi) is 4.09. The van der Waals surface area contributed by atoms with Crippen LogP contribution >= 0.6 is 11.6 Å². The van der Waals surface area contributed by atoms with Gasteiger partial charge in [-0.3, -0.25) is 4.79 Å². The predicted octanol–water partition coefficient (Wildman–Crippen LogP) is 3.50. The Hall–Kier alpha value is -2.34. The fourth-order valence-corrected chi connectivity index (χ4v) is 2.65. The van der Waals surface area contributed by atoms with Gasteiger partial charge >= 0.3 is 0 Å². The van der Waals surface area contributed by atoms with Gasteiger partial charge in [0.15, 0.2) is 11.6 Å². The van der Waals surface area contributed by atoms with Gasteiger partial charge < -0.3 is 14.3 Å². The van der Waals surface area contributed by atoms with E-state index in [9.17, 15) is 4.79 Å². The van der Waals surface area contributed by atoms with E-state index >= 15 is 0 Å². The number of aromatic nitrogens is 3. The first-order valence-corrected chi connectivity index (χ1v) is 7.70. The zero-order valence-corrected chi connectivity index (χ0v) is 13.9. The molecule has 7 heteroatoms. The van der Waals surface area contributed by atoms with Gasteiger partial charge in [0.1, 0.15) is 11.9 Å². The molecule has 23 heavy (non-hydrogen) atoms. The molecule has 0 aliphatic carbocycles. The largest absolute Gasteiger partial charge is 0.451 e. The number of halogens is 1. The zero-order valence-electron chi connectivity index (χ0n) is 13.1. The molecule has 0 radical (unpaired) electrons. The molecule has 0 aliphatic heterocycles. The molecule has 0 aliphatic rings. The second-order valence-electron chi connectivity index (χ2n) is 5.63. The first kappa shape index (κ1) is 15.6. The molecule has 0 unspecified atom stereocenters. The predicted molar refractivity (Wildman–Crippen MR) is 87.5 cm³/mol. The molecule has 3 aromatic rings. The van der Waals surface area contributed by atoms with Crippen LogP contribution in [-0.2, 0) is 6.54 Å². The number of carbonyl (C=O) groups excluding carboxylic acids is 1. The average molecular weight is 333 g/mol. The maximum Gasteiger partial charge on any atom is 0.287 e. The summed E-state index contributed by atoms with van der Waals surface area (Å²) in [7, 11) is 0. The molecule has 3 rings (SSSR count). The topological polar surface area (TPSA) is 73.0 Å². The Morgan fingerprint density at radius 2 is 2.22 bits per heavy atom. The Bertz CT molecular complexity index is 866. The van der Waals surface area contributed by atoms with Crippen molar-refractivity contribution >= 4 is 28.5 Å². The van der Waals surface area contributed by atoms with E-state index in [1.807, 2.05) is 25.3 Å². The second-order valence-corrected chi connectivity index (χ2v) is 6.06. The molecule has 0 atom stereocenters. The van der Waals surface area contributed by atoms with Gasteiger partial charge in [-0.15, -0.1) is 10.2 Å². The molecule has 2 aromatic heterocycles. The van der Waals surface area contributed by atoms with Crippen molar-refractivity contribution in [3.05, 3.63) is 46.7 Å². The van der Waals surface area contributed by atoms with Crippen LogP contribution in [0.4, 0.5) is 0 Å². The Balaban J connectivity index is 1.81. The molecule has 0 saturated carbocycles. The number of nitrogens with one attached hydrogen (secondary N) is 1. The number of hydrogen-bond donors (Lipinski definition) is 1. The number of aryl methyl sites for hydroxylation is 1. The molecule has 1 aromatic carbocycles. The van der Waals surface area contributed by atoms with E-state index in [0.717, 1.165) is 10.9 Å². The minimum absolute atomic E-state index is 0.229. The number of fused-ring (bicyclic) bond motifs is 1. The van der Waals surface area contributed by atoms with Crippen molar-refractivity contribution in [3.8, 4) is 0 Å². The van der Waals surface area contributed by atoms with E-state index in [2.05, 4.69) is 15.5 Å². The summed E-state index contributed by atoms with van der Waals surface area (Å²) in [5.41, 5.74) is 1.41. The van der Waals surface area contributed by atoms with E-state index in [0.29, 0.717) is 16.4 Å². The molecule has 120 valence electrons. The summed E-state index contributed by atoms with van der Waals surface area (Å²) in [6.45, 7) is 6.19. The standard InChI is InChI=1S/C16H17ClN4O2/c1-9(2)21-8-19-20-14(21)7-18-16(22)15-10(3)12-6-11(17)4-5-13(12)23-15/h4-6,8-9H,7H2,1-3H3,(H,18,22). The van der Waals surface area contributed by atoms with Gasteiger partial charge in [-0.05, 0) is 39.0 Å². The normalized spacial score (nSPS) is 11.3. The number of nitrogens with zero attached hydrogens (tertiary/aromatic N) is 3. The van der Waals surface area contributed by atoms with E-state index in [4.69, 9.17) is 16.0 Å². The minimum atomic E-state index is -0.284. The molecule has 1 N–H and O–H groups in total. The maximum atomic E-state index is 12.4. The Morgan fingerprint density at radius 3 is 2.96 bits per heavy atom. The van der Waals surface area contributed by atoms with Crippen molar-refractivity contribution in [1.82, 2.24) is 20.1 Å². The van der Waals surface area contributed by atoms with E-state index in [1.165, 1.54) is 0 Å². The van der Waals surface area contributed by atoms with Crippen molar-refractivity contribution in [2.75, 3.05) is 0 Å². The van der Waals surface area contributed by atoms with Gasteiger partial charge in [-0.1, -0.05) is 11.6 Å². The van der Waals surface area contributed by atoms with Crippen LogP contribution in [0, 0.1) is 6.92 Å². The third-order valence-corrected chi connectivity index (χ3v) is 3.95. The minimum Gasteiger partial charge on any atom is -0.451 e. The van der Waals surface area contributed by atoms with Crippen molar-refractivity contribution in [2.45, 2.75) is 33.4 Å². The summed E-state index contributed by atoms with van der Waals surface area (Å²) in [6, 6.07) is 5.52. The summed E-state index contributed by atoms with van der Waals surface area (Å²) < 4.78 is 7.56. The monoisotopic (exact) mass is 332 g/mol. The smallest absolute Gasteiger partial charge is 0.287 e. The number of hydrogen-bond acceptors (Lipinski definition) is 4. The first-order valence-electron chi connectivity index (χ1n) is 7.32. The van der Waals surface area contributed by atoms with Crippen LogP contribution in [0.2, 0.25) is 5.02 Å². The summed E-state index contributed by atoms with van der Waals surface area (Å²) in [5, 5.41) is 12.2. The molecular weight excluding hydrogens is 316 g/mol. The fourth-order valence-electron chi connectivity index (χ4n) is 2.47. The number of furan rings is 1. The third-order valence-electron chi connectivity index (χ3n) is 3.72. The second kappa shape index (κ2) is 6.04. The summed E-state index contributed by atoms with van der Waals surface area (Å²) in [6.07, 6.45) is 1.65. The van der Waals surface area contributed by atoms with Gasteiger partial charge in [-0.25, -0.2) is 0 Å². The lowest BCUT2D eigenvalue weighted by Gasteiger charge is -2.10. The molecule has 0 saturated heterocycles. The quantitative estimate of drug-likeness (QED) is 0.793. The van der Waals surface area contributed by atoms with Gasteiger partial charge in [0, 0.05) is 22.0 Å². The summed E-state index contributed by atoms with van der Waals surface area (Å²) >= 11 is 6.00. The van der Waals surface area contributed by atoms with Crippen molar-refractivity contribution in [3.63, 3.8) is 0 Å². The number of carbonyl (C=O) groups is 1. The third kappa shape index (κ3) is 2.94. The van der Waals surface area contributed by atoms with Crippen LogP contribution in [-0.4, -0.2) is 20.7 Å². The van der Waals surface area contributed by atoms with Gasteiger partial charge in [0.05, 0.1) is 6.54 Å². The van der Waals surface area contributed by atoms with Crippen LogP contribution in [0.5, 0.6) is 0 Å². The highest BCUT2D eigenvalue weighted by Crippen LogP contribution is 2.27. The van der Waals surface area contributed by atoms with Crippen LogP contribution in [0.25, 0.3) is 11.0 Å². The SMILES string of the molecule is Cc1c(C(=O)NCc2nncn2C(C)C)oc2ccc(Cl)cc12. The van der Waals surface area contributed by atoms with E-state index in [-0.39, 0.29) is 24.3 Å². The Labute approximate surface area is 138 Å². The average Bonchev–Trinajstić information content (AvgIpc) is 3.10. The highest BCUT2D eigenvalue weighted by atomic mass is 35.5. The fraction of sp³-hybridized carbons (Fsp3) is 0.312. The molecule has 6 nitrogen and oxygen atoms in total. The highest BCUT2D eigenvalue weighted by Gasteiger charge is 2.18.